The van der Waals surface area contributed by atoms with Gasteiger partial charge >= 0.3 is 0 Å². The lowest BCUT2D eigenvalue weighted by molar-refractivity contribution is 0.230. The van der Waals surface area contributed by atoms with E-state index in [9.17, 15) is 0 Å². The van der Waals surface area contributed by atoms with Crippen LogP contribution in [0.25, 0.3) is 0 Å². The van der Waals surface area contributed by atoms with E-state index in [-0.39, 0.29) is 6.10 Å². The van der Waals surface area contributed by atoms with Gasteiger partial charge in [0.15, 0.2) is 11.5 Å². The molecule has 0 aliphatic rings. The van der Waals surface area contributed by atoms with E-state index in [0.29, 0.717) is 6.54 Å². The fourth-order valence-corrected chi connectivity index (χ4v) is 2.01. The smallest absolute Gasteiger partial charge is 0.161 e. The molecule has 0 aliphatic carbocycles. The summed E-state index contributed by atoms with van der Waals surface area (Å²) in [7, 11) is 1.65. The lowest BCUT2D eigenvalue weighted by atomic mass is 10.2. The number of aryl methyl sites for hydroxylation is 1. The first-order chi connectivity index (χ1) is 10.1. The number of benzene rings is 1. The molecule has 1 aromatic heterocycles. The fourth-order valence-electron chi connectivity index (χ4n) is 2.01. The average Bonchev–Trinajstić information content (AvgIpc) is 2.85. The minimum atomic E-state index is 0.123. The van der Waals surface area contributed by atoms with E-state index in [1.165, 1.54) is 0 Å². The highest BCUT2D eigenvalue weighted by atomic mass is 16.5. The third-order valence-corrected chi connectivity index (χ3v) is 2.90. The number of hydrogen-bond acceptors (Lipinski definition) is 5. The van der Waals surface area contributed by atoms with Crippen LogP contribution in [-0.2, 0) is 13.1 Å². The molecule has 2 rings (SSSR count). The Hall–Kier alpha value is -2.01. The van der Waals surface area contributed by atoms with Gasteiger partial charge in [-0.25, -0.2) is 0 Å². The van der Waals surface area contributed by atoms with Crippen LogP contribution in [0.15, 0.2) is 28.8 Å². The first-order valence-corrected chi connectivity index (χ1v) is 7.05. The maximum Gasteiger partial charge on any atom is 0.161 e. The molecule has 0 aliphatic heterocycles. The Morgan fingerprint density at radius 2 is 2.00 bits per heavy atom. The van der Waals surface area contributed by atoms with Crippen LogP contribution in [-0.4, -0.2) is 18.4 Å². The molecule has 1 aromatic carbocycles. The number of nitrogens with one attached hydrogen (secondary N) is 1. The van der Waals surface area contributed by atoms with Gasteiger partial charge in [0.2, 0.25) is 0 Å². The molecule has 2 aromatic rings. The second-order valence-corrected chi connectivity index (χ2v) is 5.18. The molecule has 21 heavy (non-hydrogen) atoms. The van der Waals surface area contributed by atoms with Gasteiger partial charge in [0.1, 0.15) is 5.76 Å². The van der Waals surface area contributed by atoms with Crippen LogP contribution in [0, 0.1) is 6.92 Å². The zero-order valence-electron chi connectivity index (χ0n) is 13.0. The van der Waals surface area contributed by atoms with Gasteiger partial charge in [0.25, 0.3) is 0 Å². The molecule has 1 heterocycles. The van der Waals surface area contributed by atoms with Crippen molar-refractivity contribution in [2.45, 2.75) is 40.0 Å². The van der Waals surface area contributed by atoms with Gasteiger partial charge in [-0.3, -0.25) is 0 Å². The zero-order chi connectivity index (χ0) is 15.2. The quantitative estimate of drug-likeness (QED) is 0.849. The Morgan fingerprint density at radius 1 is 1.19 bits per heavy atom. The van der Waals surface area contributed by atoms with Crippen molar-refractivity contribution in [1.82, 2.24) is 10.5 Å². The van der Waals surface area contributed by atoms with Crippen molar-refractivity contribution in [1.29, 1.82) is 0 Å². The van der Waals surface area contributed by atoms with E-state index in [1.807, 2.05) is 45.0 Å². The normalized spacial score (nSPS) is 10.9. The Kier molecular flexibility index (Phi) is 5.22. The molecular formula is C16H22N2O3. The highest BCUT2D eigenvalue weighted by molar-refractivity contribution is 5.43. The molecule has 0 bridgehead atoms. The molecule has 0 unspecified atom stereocenters. The molecule has 5 nitrogen and oxygen atoms in total. The van der Waals surface area contributed by atoms with Crippen molar-refractivity contribution < 1.29 is 14.0 Å². The summed E-state index contributed by atoms with van der Waals surface area (Å²) in [6.45, 7) is 7.27. The Bertz CT molecular complexity index is 579. The molecule has 0 saturated heterocycles. The van der Waals surface area contributed by atoms with Gasteiger partial charge in [0.05, 0.1) is 18.9 Å². The van der Waals surface area contributed by atoms with Gasteiger partial charge in [-0.2, -0.15) is 0 Å². The van der Waals surface area contributed by atoms with E-state index in [1.54, 1.807) is 7.11 Å². The summed E-state index contributed by atoms with van der Waals surface area (Å²) in [5, 5.41) is 7.27. The third kappa shape index (κ3) is 4.49. The molecule has 1 N–H and O–H groups in total. The van der Waals surface area contributed by atoms with E-state index >= 15 is 0 Å². The molecule has 0 spiro atoms. The van der Waals surface area contributed by atoms with Gasteiger partial charge in [0, 0.05) is 19.2 Å². The first-order valence-electron chi connectivity index (χ1n) is 7.05. The van der Waals surface area contributed by atoms with E-state index in [0.717, 1.165) is 35.1 Å². The van der Waals surface area contributed by atoms with Crippen molar-refractivity contribution in [2.24, 2.45) is 0 Å². The second kappa shape index (κ2) is 7.13. The van der Waals surface area contributed by atoms with Crippen molar-refractivity contribution in [3.05, 3.63) is 41.3 Å². The van der Waals surface area contributed by atoms with Crippen LogP contribution in [0.3, 0.4) is 0 Å². The SMILES string of the molecule is COc1cc(CNCc2cc(C)on2)ccc1OC(C)C. The number of ether oxygens (including phenoxy) is 2. The van der Waals surface area contributed by atoms with Crippen LogP contribution >= 0.6 is 0 Å². The second-order valence-electron chi connectivity index (χ2n) is 5.18. The predicted molar refractivity (Wildman–Crippen MR) is 80.5 cm³/mol. The molecule has 0 atom stereocenters. The molecule has 5 heteroatoms. The number of methoxy groups -OCH3 is 1. The van der Waals surface area contributed by atoms with E-state index in [2.05, 4.69) is 10.5 Å². The lowest BCUT2D eigenvalue weighted by Gasteiger charge is -2.14. The van der Waals surface area contributed by atoms with Crippen molar-refractivity contribution in [2.75, 3.05) is 7.11 Å². The average molecular weight is 290 g/mol. The molecule has 114 valence electrons. The Morgan fingerprint density at radius 3 is 2.62 bits per heavy atom. The largest absolute Gasteiger partial charge is 0.493 e. The fraction of sp³-hybridized carbons (Fsp3) is 0.438. The third-order valence-electron chi connectivity index (χ3n) is 2.90. The van der Waals surface area contributed by atoms with Crippen LogP contribution in [0.4, 0.5) is 0 Å². The monoisotopic (exact) mass is 290 g/mol. The van der Waals surface area contributed by atoms with Gasteiger partial charge in [-0.15, -0.1) is 0 Å². The summed E-state index contributed by atoms with van der Waals surface area (Å²) in [5.74, 6) is 2.34. The van der Waals surface area contributed by atoms with Crippen LogP contribution in [0.2, 0.25) is 0 Å². The highest BCUT2D eigenvalue weighted by Crippen LogP contribution is 2.28. The summed E-state index contributed by atoms with van der Waals surface area (Å²) in [5.41, 5.74) is 2.03. The zero-order valence-corrected chi connectivity index (χ0v) is 13.0. The first kappa shape index (κ1) is 15.4. The summed E-state index contributed by atoms with van der Waals surface area (Å²) >= 11 is 0. The van der Waals surface area contributed by atoms with Crippen LogP contribution in [0.5, 0.6) is 11.5 Å². The number of aromatic nitrogens is 1. The van der Waals surface area contributed by atoms with Gasteiger partial charge < -0.3 is 19.3 Å². The maximum absolute atomic E-state index is 5.70. The molecule has 0 radical (unpaired) electrons. The van der Waals surface area contributed by atoms with Crippen LogP contribution in [0.1, 0.15) is 30.9 Å². The summed E-state index contributed by atoms with van der Waals surface area (Å²) in [6.07, 6.45) is 0.123. The minimum Gasteiger partial charge on any atom is -0.493 e. The minimum absolute atomic E-state index is 0.123. The summed E-state index contributed by atoms with van der Waals surface area (Å²) in [6, 6.07) is 7.88. The van der Waals surface area contributed by atoms with Gasteiger partial charge in [-0.1, -0.05) is 11.2 Å². The van der Waals surface area contributed by atoms with Gasteiger partial charge in [-0.05, 0) is 38.5 Å². The Labute approximate surface area is 125 Å². The van der Waals surface area contributed by atoms with Crippen LogP contribution < -0.4 is 14.8 Å². The van der Waals surface area contributed by atoms with Crippen molar-refractivity contribution in [3.63, 3.8) is 0 Å². The summed E-state index contributed by atoms with van der Waals surface area (Å²) < 4.78 is 16.1. The Balaban J connectivity index is 1.94. The molecule has 0 fully saturated rings. The topological polar surface area (TPSA) is 56.5 Å². The number of rotatable bonds is 7. The predicted octanol–water partition coefficient (Wildman–Crippen LogP) is 3.07. The van der Waals surface area contributed by atoms with Crippen molar-refractivity contribution in [3.8, 4) is 11.5 Å². The lowest BCUT2D eigenvalue weighted by Crippen LogP contribution is -2.13. The number of hydrogen-bond donors (Lipinski definition) is 1. The number of nitrogens with zero attached hydrogens (tertiary/aromatic N) is 1. The van der Waals surface area contributed by atoms with E-state index in [4.69, 9.17) is 14.0 Å². The standard InChI is InChI=1S/C16H22N2O3/c1-11(2)20-15-6-5-13(8-16(15)19-4)9-17-10-14-7-12(3)21-18-14/h5-8,11,17H,9-10H2,1-4H3. The molecule has 0 amide bonds. The summed E-state index contributed by atoms with van der Waals surface area (Å²) in [4.78, 5) is 0. The van der Waals surface area contributed by atoms with Crippen molar-refractivity contribution >= 4 is 0 Å². The highest BCUT2D eigenvalue weighted by Gasteiger charge is 2.07. The molecule has 0 saturated carbocycles. The van der Waals surface area contributed by atoms with E-state index < -0.39 is 0 Å². The molecular weight excluding hydrogens is 268 g/mol. The maximum atomic E-state index is 5.70.